The van der Waals surface area contributed by atoms with E-state index in [1.807, 2.05) is 6.07 Å². The van der Waals surface area contributed by atoms with Crippen LogP contribution in [0.1, 0.15) is 13.3 Å². The summed E-state index contributed by atoms with van der Waals surface area (Å²) < 4.78 is 14.1. The molecule has 0 bridgehead atoms. The molecule has 0 saturated heterocycles. The number of anilines is 1. The molecule has 0 saturated carbocycles. The molecule has 0 fully saturated rings. The van der Waals surface area contributed by atoms with Crippen LogP contribution in [0.4, 0.5) is 10.1 Å². The highest BCUT2D eigenvalue weighted by atomic mass is 79.9. The van der Waals surface area contributed by atoms with Gasteiger partial charge in [-0.3, -0.25) is 0 Å². The number of aromatic nitrogens is 1. The minimum atomic E-state index is -0.776. The zero-order chi connectivity index (χ0) is 10.6. The van der Waals surface area contributed by atoms with Gasteiger partial charge in [-0.2, -0.15) is 0 Å². The first-order valence-electron chi connectivity index (χ1n) is 4.28. The van der Waals surface area contributed by atoms with Gasteiger partial charge >= 0.3 is 0 Å². The summed E-state index contributed by atoms with van der Waals surface area (Å²) in [7, 11) is 0. The molecule has 1 aromatic heterocycles. The molecule has 0 amide bonds. The Morgan fingerprint density at radius 1 is 1.57 bits per heavy atom. The number of hydrogen-bond acceptors (Lipinski definition) is 2. The maximum Gasteiger partial charge on any atom is 0.129 e. The SMILES string of the molecule is CC(F)CCNc1cc(Br)cnc1Br. The summed E-state index contributed by atoms with van der Waals surface area (Å²) in [6.45, 7) is 2.16. The van der Waals surface area contributed by atoms with E-state index in [0.29, 0.717) is 13.0 Å². The minimum Gasteiger partial charge on any atom is -0.383 e. The van der Waals surface area contributed by atoms with Crippen LogP contribution in [-0.2, 0) is 0 Å². The number of nitrogens with zero attached hydrogens (tertiary/aromatic N) is 1. The van der Waals surface area contributed by atoms with Crippen LogP contribution in [0.2, 0.25) is 0 Å². The lowest BCUT2D eigenvalue weighted by atomic mass is 10.3. The quantitative estimate of drug-likeness (QED) is 0.852. The second-order valence-electron chi connectivity index (χ2n) is 2.99. The van der Waals surface area contributed by atoms with Crippen LogP contribution in [0.25, 0.3) is 0 Å². The maximum atomic E-state index is 12.5. The fraction of sp³-hybridized carbons (Fsp3) is 0.444. The van der Waals surface area contributed by atoms with Gasteiger partial charge in [0.05, 0.1) is 11.9 Å². The number of nitrogens with one attached hydrogen (secondary N) is 1. The topological polar surface area (TPSA) is 24.9 Å². The van der Waals surface area contributed by atoms with Gasteiger partial charge in [0.1, 0.15) is 4.60 Å². The van der Waals surface area contributed by atoms with Gasteiger partial charge in [-0.25, -0.2) is 9.37 Å². The molecule has 1 rings (SSSR count). The minimum absolute atomic E-state index is 0.499. The molecule has 0 aliphatic heterocycles. The Labute approximate surface area is 99.6 Å². The number of pyridine rings is 1. The van der Waals surface area contributed by atoms with Gasteiger partial charge < -0.3 is 5.32 Å². The van der Waals surface area contributed by atoms with Crippen LogP contribution in [0.5, 0.6) is 0 Å². The van der Waals surface area contributed by atoms with Crippen LogP contribution in [-0.4, -0.2) is 17.7 Å². The fourth-order valence-corrected chi connectivity index (χ4v) is 1.64. The van der Waals surface area contributed by atoms with Gasteiger partial charge in [0, 0.05) is 17.2 Å². The van der Waals surface area contributed by atoms with Crippen molar-refractivity contribution in [3.8, 4) is 0 Å². The summed E-state index contributed by atoms with van der Waals surface area (Å²) in [5.74, 6) is 0. The Kier molecular flexibility index (Phi) is 4.81. The highest BCUT2D eigenvalue weighted by molar-refractivity contribution is 9.11. The lowest BCUT2D eigenvalue weighted by Gasteiger charge is -2.08. The lowest BCUT2D eigenvalue weighted by Crippen LogP contribution is -2.07. The molecule has 0 spiro atoms. The van der Waals surface area contributed by atoms with Crippen molar-refractivity contribution >= 4 is 37.5 Å². The molecule has 2 nitrogen and oxygen atoms in total. The van der Waals surface area contributed by atoms with Crippen molar-refractivity contribution in [2.75, 3.05) is 11.9 Å². The summed E-state index contributed by atoms with van der Waals surface area (Å²) in [6, 6.07) is 1.90. The van der Waals surface area contributed by atoms with E-state index in [9.17, 15) is 4.39 Å². The normalized spacial score (nSPS) is 12.6. The Balaban J connectivity index is 2.53. The van der Waals surface area contributed by atoms with Crippen molar-refractivity contribution < 1.29 is 4.39 Å². The third-order valence-corrected chi connectivity index (χ3v) is 2.73. The molecule has 0 aliphatic rings. The third kappa shape index (κ3) is 3.92. The predicted molar refractivity (Wildman–Crippen MR) is 63.3 cm³/mol. The predicted octanol–water partition coefficient (Wildman–Crippen LogP) is 3.77. The van der Waals surface area contributed by atoms with Gasteiger partial charge in [0.2, 0.25) is 0 Å². The first kappa shape index (κ1) is 11.9. The van der Waals surface area contributed by atoms with E-state index in [1.165, 1.54) is 0 Å². The largest absolute Gasteiger partial charge is 0.383 e. The second-order valence-corrected chi connectivity index (χ2v) is 4.65. The van der Waals surface area contributed by atoms with Crippen molar-refractivity contribution in [1.29, 1.82) is 0 Å². The van der Waals surface area contributed by atoms with Gasteiger partial charge in [0.15, 0.2) is 0 Å². The van der Waals surface area contributed by atoms with Crippen molar-refractivity contribution in [2.24, 2.45) is 0 Å². The average Bonchev–Trinajstić information content (AvgIpc) is 2.10. The van der Waals surface area contributed by atoms with E-state index >= 15 is 0 Å². The summed E-state index contributed by atoms with van der Waals surface area (Å²) in [6.07, 6.45) is 1.42. The van der Waals surface area contributed by atoms with Crippen LogP contribution in [0.3, 0.4) is 0 Å². The molecule has 1 aromatic rings. The summed E-state index contributed by atoms with van der Waals surface area (Å²) in [5.41, 5.74) is 0.875. The van der Waals surface area contributed by atoms with Crippen LogP contribution in [0.15, 0.2) is 21.3 Å². The van der Waals surface area contributed by atoms with Crippen LogP contribution >= 0.6 is 31.9 Å². The Bertz CT molecular complexity index is 305. The van der Waals surface area contributed by atoms with Crippen LogP contribution in [0, 0.1) is 0 Å². The molecule has 1 N–H and O–H groups in total. The smallest absolute Gasteiger partial charge is 0.129 e. The van der Waals surface area contributed by atoms with Gasteiger partial charge in [-0.1, -0.05) is 0 Å². The van der Waals surface area contributed by atoms with E-state index in [1.54, 1.807) is 13.1 Å². The first-order valence-corrected chi connectivity index (χ1v) is 5.87. The molecule has 0 aromatic carbocycles. The van der Waals surface area contributed by atoms with Crippen molar-refractivity contribution in [3.05, 3.63) is 21.3 Å². The number of rotatable bonds is 4. The number of halogens is 3. The maximum absolute atomic E-state index is 12.5. The molecule has 78 valence electrons. The highest BCUT2D eigenvalue weighted by Gasteiger charge is 2.02. The third-order valence-electron chi connectivity index (χ3n) is 1.66. The first-order chi connectivity index (χ1) is 6.59. The van der Waals surface area contributed by atoms with Crippen LogP contribution < -0.4 is 5.32 Å². The van der Waals surface area contributed by atoms with Gasteiger partial charge in [0.25, 0.3) is 0 Å². The van der Waals surface area contributed by atoms with Crippen molar-refractivity contribution in [3.63, 3.8) is 0 Å². The molecule has 0 aliphatic carbocycles. The Hall–Kier alpha value is -0.160. The average molecular weight is 326 g/mol. The van der Waals surface area contributed by atoms with Gasteiger partial charge in [-0.15, -0.1) is 0 Å². The summed E-state index contributed by atoms with van der Waals surface area (Å²) in [4.78, 5) is 4.09. The van der Waals surface area contributed by atoms with E-state index < -0.39 is 6.17 Å². The molecule has 1 heterocycles. The summed E-state index contributed by atoms with van der Waals surface area (Å²) >= 11 is 6.63. The number of alkyl halides is 1. The van der Waals surface area contributed by atoms with Crippen molar-refractivity contribution in [2.45, 2.75) is 19.5 Å². The molecule has 1 unspecified atom stereocenters. The second kappa shape index (κ2) is 5.66. The fourth-order valence-electron chi connectivity index (χ4n) is 0.952. The Morgan fingerprint density at radius 2 is 2.29 bits per heavy atom. The molecular formula is C9H11Br2FN2. The monoisotopic (exact) mass is 324 g/mol. The van der Waals surface area contributed by atoms with E-state index in [0.717, 1.165) is 14.8 Å². The van der Waals surface area contributed by atoms with Crippen molar-refractivity contribution in [1.82, 2.24) is 4.98 Å². The zero-order valence-corrected chi connectivity index (χ0v) is 10.9. The zero-order valence-electron chi connectivity index (χ0n) is 7.73. The van der Waals surface area contributed by atoms with E-state index in [4.69, 9.17) is 0 Å². The highest BCUT2D eigenvalue weighted by Crippen LogP contribution is 2.23. The molecule has 14 heavy (non-hydrogen) atoms. The molecule has 0 radical (unpaired) electrons. The van der Waals surface area contributed by atoms with E-state index in [-0.39, 0.29) is 0 Å². The van der Waals surface area contributed by atoms with Gasteiger partial charge in [-0.05, 0) is 51.3 Å². The lowest BCUT2D eigenvalue weighted by molar-refractivity contribution is 0.348. The molecule has 1 atom stereocenters. The summed E-state index contributed by atoms with van der Waals surface area (Å²) in [5, 5.41) is 3.11. The number of hydrogen-bond donors (Lipinski definition) is 1. The molecule has 5 heteroatoms. The molecular weight excluding hydrogens is 315 g/mol. The standard InChI is InChI=1S/C9H11Br2FN2/c1-6(12)2-3-13-8-4-7(10)5-14-9(8)11/h4-6,13H,2-3H2,1H3. The van der Waals surface area contributed by atoms with E-state index in [2.05, 4.69) is 42.2 Å². The Morgan fingerprint density at radius 3 is 2.93 bits per heavy atom.